The van der Waals surface area contributed by atoms with Crippen molar-refractivity contribution in [1.29, 1.82) is 0 Å². The Kier molecular flexibility index (Phi) is 4.19. The van der Waals surface area contributed by atoms with Crippen LogP contribution in [0.1, 0.15) is 43.2 Å². The molecule has 0 amide bonds. The van der Waals surface area contributed by atoms with Crippen molar-refractivity contribution in [1.82, 2.24) is 5.32 Å². The van der Waals surface area contributed by atoms with Gasteiger partial charge in [-0.15, -0.1) is 0 Å². The molecule has 104 valence electrons. The average Bonchev–Trinajstić information content (AvgIpc) is 2.99. The zero-order valence-electron chi connectivity index (χ0n) is 11.6. The minimum absolute atomic E-state index is 0.139. The van der Waals surface area contributed by atoms with Gasteiger partial charge in [0.25, 0.3) is 0 Å². The van der Waals surface area contributed by atoms with Crippen LogP contribution in [0.2, 0.25) is 0 Å². The molecule has 2 atom stereocenters. The zero-order valence-corrected chi connectivity index (χ0v) is 11.6. The van der Waals surface area contributed by atoms with Gasteiger partial charge in [-0.05, 0) is 49.1 Å². The zero-order chi connectivity index (χ0) is 13.1. The molecule has 0 aromatic heterocycles. The quantitative estimate of drug-likeness (QED) is 0.871. The maximum Gasteiger partial charge on any atom is 0.0692 e. The predicted molar refractivity (Wildman–Crippen MR) is 78.2 cm³/mol. The number of fused-ring (bicyclic) bond motifs is 1. The molecule has 0 radical (unpaired) electrons. The van der Waals surface area contributed by atoms with Crippen LogP contribution in [0.5, 0.6) is 0 Å². The third-order valence-electron chi connectivity index (χ3n) is 4.91. The molecule has 1 saturated carbocycles. The summed E-state index contributed by atoms with van der Waals surface area (Å²) in [6.45, 7) is 0.775. The fourth-order valence-corrected chi connectivity index (χ4v) is 3.67. The first-order valence-corrected chi connectivity index (χ1v) is 7.81. The van der Waals surface area contributed by atoms with Crippen LogP contribution < -0.4 is 5.32 Å². The van der Waals surface area contributed by atoms with E-state index in [1.807, 2.05) is 0 Å². The van der Waals surface area contributed by atoms with Crippen molar-refractivity contribution in [2.24, 2.45) is 5.92 Å². The molecule has 1 aromatic carbocycles. The summed E-state index contributed by atoms with van der Waals surface area (Å²) >= 11 is 0. The van der Waals surface area contributed by atoms with E-state index in [9.17, 15) is 5.11 Å². The second-order valence-electron chi connectivity index (χ2n) is 6.23. The molecule has 1 aromatic rings. The minimum Gasteiger partial charge on any atom is -0.392 e. The first kappa shape index (κ1) is 13.1. The number of nitrogens with one attached hydrogen (secondary N) is 1. The maximum atomic E-state index is 10.2. The Morgan fingerprint density at radius 2 is 1.84 bits per heavy atom. The number of aliphatic hydroxyl groups excluding tert-OH is 1. The number of aryl methyl sites for hydroxylation is 1. The van der Waals surface area contributed by atoms with Crippen molar-refractivity contribution in [2.45, 2.75) is 57.1 Å². The lowest BCUT2D eigenvalue weighted by Gasteiger charge is -2.27. The normalized spacial score (nSPS) is 25.2. The van der Waals surface area contributed by atoms with Gasteiger partial charge in [0, 0.05) is 12.6 Å². The Morgan fingerprint density at radius 1 is 1.11 bits per heavy atom. The van der Waals surface area contributed by atoms with E-state index in [1.54, 1.807) is 0 Å². The summed E-state index contributed by atoms with van der Waals surface area (Å²) in [5.74, 6) is 0.545. The summed E-state index contributed by atoms with van der Waals surface area (Å²) in [4.78, 5) is 0. The third-order valence-corrected chi connectivity index (χ3v) is 4.91. The summed E-state index contributed by atoms with van der Waals surface area (Å²) in [6.07, 6.45) is 8.40. The van der Waals surface area contributed by atoms with E-state index in [0.717, 1.165) is 13.0 Å². The van der Waals surface area contributed by atoms with Gasteiger partial charge < -0.3 is 10.4 Å². The fraction of sp³-hybridized carbons (Fsp3) is 0.647. The Labute approximate surface area is 116 Å². The molecule has 2 nitrogen and oxygen atoms in total. The van der Waals surface area contributed by atoms with Gasteiger partial charge in [0.1, 0.15) is 0 Å². The highest BCUT2D eigenvalue weighted by Gasteiger charge is 2.24. The Morgan fingerprint density at radius 3 is 2.63 bits per heavy atom. The highest BCUT2D eigenvalue weighted by molar-refractivity contribution is 5.30. The standard InChI is InChI=1S/C17H25NO/c19-17(14-6-2-3-7-14)12-18-16-10-9-13-5-1-4-8-15(13)11-16/h1,4-5,8,14,16-19H,2-3,6-7,9-12H2. The van der Waals surface area contributed by atoms with Crippen molar-refractivity contribution < 1.29 is 5.11 Å². The van der Waals surface area contributed by atoms with Crippen LogP contribution in [0.4, 0.5) is 0 Å². The second-order valence-corrected chi connectivity index (χ2v) is 6.23. The van der Waals surface area contributed by atoms with Crippen LogP contribution >= 0.6 is 0 Å². The van der Waals surface area contributed by atoms with Gasteiger partial charge in [0.15, 0.2) is 0 Å². The summed E-state index contributed by atoms with van der Waals surface area (Å²) in [7, 11) is 0. The number of aliphatic hydroxyl groups is 1. The van der Waals surface area contributed by atoms with Gasteiger partial charge >= 0.3 is 0 Å². The number of hydrogen-bond acceptors (Lipinski definition) is 2. The molecule has 0 spiro atoms. The van der Waals surface area contributed by atoms with E-state index < -0.39 is 0 Å². The highest BCUT2D eigenvalue weighted by Crippen LogP contribution is 2.27. The van der Waals surface area contributed by atoms with Gasteiger partial charge in [-0.3, -0.25) is 0 Å². The molecule has 19 heavy (non-hydrogen) atoms. The summed E-state index contributed by atoms with van der Waals surface area (Å²) < 4.78 is 0. The van der Waals surface area contributed by atoms with Crippen LogP contribution in [0.3, 0.4) is 0 Å². The van der Waals surface area contributed by atoms with Crippen LogP contribution in [0, 0.1) is 5.92 Å². The molecule has 2 N–H and O–H groups in total. The van der Waals surface area contributed by atoms with Crippen LogP contribution in [0.25, 0.3) is 0 Å². The van der Waals surface area contributed by atoms with E-state index in [-0.39, 0.29) is 6.10 Å². The number of benzene rings is 1. The average molecular weight is 259 g/mol. The summed E-state index contributed by atoms with van der Waals surface area (Å²) in [6, 6.07) is 9.31. The molecule has 2 aliphatic rings. The lowest BCUT2D eigenvalue weighted by atomic mass is 9.88. The molecule has 2 unspecified atom stereocenters. The molecule has 0 heterocycles. The second kappa shape index (κ2) is 6.06. The van der Waals surface area contributed by atoms with Gasteiger partial charge in [-0.2, -0.15) is 0 Å². The van der Waals surface area contributed by atoms with Gasteiger partial charge in [-0.25, -0.2) is 0 Å². The summed E-state index contributed by atoms with van der Waals surface area (Å²) in [5, 5.41) is 13.8. The molecule has 0 bridgehead atoms. The van der Waals surface area contributed by atoms with E-state index in [0.29, 0.717) is 12.0 Å². The smallest absolute Gasteiger partial charge is 0.0692 e. The number of rotatable bonds is 4. The van der Waals surface area contributed by atoms with E-state index in [4.69, 9.17) is 0 Å². The van der Waals surface area contributed by atoms with Crippen LogP contribution in [0.15, 0.2) is 24.3 Å². The number of hydrogen-bond donors (Lipinski definition) is 2. The Hall–Kier alpha value is -0.860. The largest absolute Gasteiger partial charge is 0.392 e. The minimum atomic E-state index is -0.139. The fourth-order valence-electron chi connectivity index (χ4n) is 3.67. The molecular formula is C17H25NO. The summed E-state index contributed by atoms with van der Waals surface area (Å²) in [5.41, 5.74) is 3.00. The van der Waals surface area contributed by atoms with Crippen molar-refractivity contribution >= 4 is 0 Å². The Balaban J connectivity index is 1.49. The highest BCUT2D eigenvalue weighted by atomic mass is 16.3. The topological polar surface area (TPSA) is 32.3 Å². The molecule has 2 aliphatic carbocycles. The molecule has 0 saturated heterocycles. The molecule has 0 aliphatic heterocycles. The van der Waals surface area contributed by atoms with E-state index in [2.05, 4.69) is 29.6 Å². The van der Waals surface area contributed by atoms with Crippen LogP contribution in [-0.4, -0.2) is 23.8 Å². The van der Waals surface area contributed by atoms with E-state index >= 15 is 0 Å². The third kappa shape index (κ3) is 3.18. The van der Waals surface area contributed by atoms with Gasteiger partial charge in [0.2, 0.25) is 0 Å². The van der Waals surface area contributed by atoms with Crippen molar-refractivity contribution in [3.05, 3.63) is 35.4 Å². The Bertz CT molecular complexity index is 411. The SMILES string of the molecule is OC(CNC1CCc2ccccc2C1)C1CCCC1. The first-order valence-electron chi connectivity index (χ1n) is 7.81. The van der Waals surface area contributed by atoms with Gasteiger partial charge in [-0.1, -0.05) is 37.1 Å². The lowest BCUT2D eigenvalue weighted by Crippen LogP contribution is -2.41. The first-order chi connectivity index (χ1) is 9.33. The van der Waals surface area contributed by atoms with Crippen molar-refractivity contribution in [3.8, 4) is 0 Å². The van der Waals surface area contributed by atoms with Gasteiger partial charge in [0.05, 0.1) is 6.10 Å². The predicted octanol–water partition coefficient (Wildman–Crippen LogP) is 2.68. The van der Waals surface area contributed by atoms with Crippen LogP contribution in [-0.2, 0) is 12.8 Å². The monoisotopic (exact) mass is 259 g/mol. The van der Waals surface area contributed by atoms with E-state index in [1.165, 1.54) is 49.7 Å². The molecule has 2 heteroatoms. The molecular weight excluding hydrogens is 234 g/mol. The maximum absolute atomic E-state index is 10.2. The molecule has 1 fully saturated rings. The van der Waals surface area contributed by atoms with Crippen molar-refractivity contribution in [3.63, 3.8) is 0 Å². The lowest BCUT2D eigenvalue weighted by molar-refractivity contribution is 0.105. The molecule has 3 rings (SSSR count). The van der Waals surface area contributed by atoms with Crippen molar-refractivity contribution in [2.75, 3.05) is 6.54 Å².